The molecule has 2 heterocycles. The number of ketones is 1. The third-order valence-electron chi connectivity index (χ3n) is 7.14. The highest BCUT2D eigenvalue weighted by Crippen LogP contribution is 2.27. The van der Waals surface area contributed by atoms with Gasteiger partial charge >= 0.3 is 0 Å². The van der Waals surface area contributed by atoms with E-state index in [-0.39, 0.29) is 29.0 Å². The molecular weight excluding hydrogens is 498 g/mol. The van der Waals surface area contributed by atoms with Crippen molar-refractivity contribution in [1.29, 1.82) is 0 Å². The van der Waals surface area contributed by atoms with Crippen LogP contribution in [0.5, 0.6) is 0 Å². The fraction of sp³-hybridized carbons (Fsp3) is 0.212. The molecule has 3 aromatic carbocycles. The topological polar surface area (TPSA) is 92.7 Å². The van der Waals surface area contributed by atoms with Gasteiger partial charge in [0.05, 0.1) is 5.69 Å². The van der Waals surface area contributed by atoms with Gasteiger partial charge in [-0.1, -0.05) is 63.2 Å². The molecule has 0 spiro atoms. The molecular formula is C33H33N5O2. The molecule has 7 heteroatoms. The van der Waals surface area contributed by atoms with Crippen LogP contribution in [0.1, 0.15) is 47.8 Å². The molecule has 0 saturated heterocycles. The standard InChI is InChI=1S/C33H33N5O2/c1-21-24(19-29(39)22-9-13-25(14-10-22)33(2,3)4)7-6-8-27(21)28-20-38(5)32(40)31(37-28)36-26-15-11-23(12-16-26)30-34-17-18-35-30/h6-18,20H,19H2,1-5H3,(H,34,35)(H,36,37). The largest absolute Gasteiger partial charge is 0.345 e. The monoisotopic (exact) mass is 531 g/mol. The smallest absolute Gasteiger partial charge is 0.293 e. The summed E-state index contributed by atoms with van der Waals surface area (Å²) in [5.41, 5.74) is 6.79. The molecule has 0 aliphatic heterocycles. The lowest BCUT2D eigenvalue weighted by Gasteiger charge is -2.19. The van der Waals surface area contributed by atoms with E-state index >= 15 is 0 Å². The zero-order valence-electron chi connectivity index (χ0n) is 23.4. The lowest BCUT2D eigenvalue weighted by atomic mass is 9.86. The van der Waals surface area contributed by atoms with Crippen molar-refractivity contribution < 1.29 is 4.79 Å². The molecule has 2 N–H and O–H groups in total. The quantitative estimate of drug-likeness (QED) is 0.231. The van der Waals surface area contributed by atoms with E-state index < -0.39 is 0 Å². The first kappa shape index (κ1) is 26.8. The number of rotatable bonds is 7. The number of hydrogen-bond donors (Lipinski definition) is 2. The van der Waals surface area contributed by atoms with Gasteiger partial charge in [-0.15, -0.1) is 0 Å². The Kier molecular flexibility index (Phi) is 7.22. The lowest BCUT2D eigenvalue weighted by molar-refractivity contribution is 0.0992. The van der Waals surface area contributed by atoms with Gasteiger partial charge < -0.3 is 14.9 Å². The maximum Gasteiger partial charge on any atom is 0.293 e. The van der Waals surface area contributed by atoms with Gasteiger partial charge in [0.2, 0.25) is 0 Å². The van der Waals surface area contributed by atoms with Gasteiger partial charge in [-0.05, 0) is 53.3 Å². The highest BCUT2D eigenvalue weighted by Gasteiger charge is 2.17. The summed E-state index contributed by atoms with van der Waals surface area (Å²) in [7, 11) is 1.71. The molecule has 0 aliphatic carbocycles. The van der Waals surface area contributed by atoms with Crippen molar-refractivity contribution in [2.45, 2.75) is 39.5 Å². The summed E-state index contributed by atoms with van der Waals surface area (Å²) < 4.78 is 1.52. The Labute approximate surface area is 234 Å². The maximum atomic E-state index is 13.2. The fourth-order valence-electron chi connectivity index (χ4n) is 4.67. The van der Waals surface area contributed by atoms with Crippen molar-refractivity contribution >= 4 is 17.3 Å². The SMILES string of the molecule is Cc1c(CC(=O)c2ccc(C(C)(C)C)cc2)cccc1-c1cn(C)c(=O)c(Nc2ccc(-c3ncc[nH]3)cc2)n1. The first-order chi connectivity index (χ1) is 19.1. The second-order valence-corrected chi connectivity index (χ2v) is 11.0. The number of carbonyl (C=O) groups excluding carboxylic acids is 1. The average Bonchev–Trinajstić information content (AvgIpc) is 3.47. The minimum absolute atomic E-state index is 0.0341. The Hall–Kier alpha value is -4.78. The minimum atomic E-state index is -0.235. The van der Waals surface area contributed by atoms with Gasteiger partial charge in [0, 0.05) is 54.4 Å². The Balaban J connectivity index is 1.40. The summed E-state index contributed by atoms with van der Waals surface area (Å²) in [6.45, 7) is 8.47. The summed E-state index contributed by atoms with van der Waals surface area (Å²) in [6.07, 6.45) is 5.50. The van der Waals surface area contributed by atoms with Crippen LogP contribution in [0.2, 0.25) is 0 Å². The second kappa shape index (κ2) is 10.8. The number of H-pyrrole nitrogens is 1. The Bertz CT molecular complexity index is 1710. The molecule has 2 aromatic heterocycles. The molecule has 40 heavy (non-hydrogen) atoms. The lowest BCUT2D eigenvalue weighted by Crippen LogP contribution is -2.21. The first-order valence-corrected chi connectivity index (χ1v) is 13.3. The number of Topliss-reactive ketones (excluding diaryl/α,β-unsaturated/α-hetero) is 1. The van der Waals surface area contributed by atoms with Crippen LogP contribution in [0.3, 0.4) is 0 Å². The van der Waals surface area contributed by atoms with E-state index in [1.54, 1.807) is 25.6 Å². The molecule has 5 aromatic rings. The second-order valence-electron chi connectivity index (χ2n) is 11.0. The molecule has 0 saturated carbocycles. The molecule has 0 unspecified atom stereocenters. The normalized spacial score (nSPS) is 11.4. The molecule has 0 fully saturated rings. The van der Waals surface area contributed by atoms with Crippen LogP contribution >= 0.6 is 0 Å². The Morgan fingerprint density at radius 2 is 1.73 bits per heavy atom. The van der Waals surface area contributed by atoms with Crippen molar-refractivity contribution in [3.05, 3.63) is 118 Å². The maximum absolute atomic E-state index is 13.2. The predicted molar refractivity (Wildman–Crippen MR) is 160 cm³/mol. The van der Waals surface area contributed by atoms with Crippen molar-refractivity contribution in [2.24, 2.45) is 7.05 Å². The van der Waals surface area contributed by atoms with Crippen LogP contribution in [0.15, 0.2) is 90.1 Å². The molecule has 202 valence electrons. The van der Waals surface area contributed by atoms with E-state index in [1.807, 2.05) is 73.7 Å². The third kappa shape index (κ3) is 5.64. The molecule has 0 radical (unpaired) electrons. The van der Waals surface area contributed by atoms with Crippen LogP contribution in [0.4, 0.5) is 11.5 Å². The number of hydrogen-bond acceptors (Lipinski definition) is 5. The number of imidazole rings is 1. The zero-order chi connectivity index (χ0) is 28.4. The number of aromatic nitrogens is 4. The molecule has 0 aliphatic rings. The van der Waals surface area contributed by atoms with Crippen LogP contribution < -0.4 is 10.9 Å². The van der Waals surface area contributed by atoms with Crippen LogP contribution in [-0.2, 0) is 18.9 Å². The van der Waals surface area contributed by atoms with Crippen LogP contribution in [0, 0.1) is 6.92 Å². The average molecular weight is 532 g/mol. The summed E-state index contributed by atoms with van der Waals surface area (Å²) >= 11 is 0. The minimum Gasteiger partial charge on any atom is -0.345 e. The van der Waals surface area contributed by atoms with Crippen molar-refractivity contribution in [3.63, 3.8) is 0 Å². The number of carbonyl (C=O) groups is 1. The van der Waals surface area contributed by atoms with E-state index in [1.165, 1.54) is 10.1 Å². The van der Waals surface area contributed by atoms with Gasteiger partial charge in [-0.2, -0.15) is 0 Å². The molecule has 7 nitrogen and oxygen atoms in total. The van der Waals surface area contributed by atoms with Crippen LogP contribution in [0.25, 0.3) is 22.6 Å². The van der Waals surface area contributed by atoms with Gasteiger partial charge in [-0.3, -0.25) is 9.59 Å². The summed E-state index contributed by atoms with van der Waals surface area (Å²) in [5.74, 6) is 1.07. The predicted octanol–water partition coefficient (Wildman–Crippen LogP) is 6.61. The molecule has 0 amide bonds. The number of aromatic amines is 1. The van der Waals surface area contributed by atoms with Crippen LogP contribution in [-0.4, -0.2) is 25.3 Å². The van der Waals surface area contributed by atoms with Crippen molar-refractivity contribution in [1.82, 2.24) is 19.5 Å². The Morgan fingerprint density at radius 3 is 2.38 bits per heavy atom. The summed E-state index contributed by atoms with van der Waals surface area (Å²) in [5, 5.41) is 3.17. The summed E-state index contributed by atoms with van der Waals surface area (Å²) in [4.78, 5) is 38.1. The Morgan fingerprint density at radius 1 is 1.00 bits per heavy atom. The molecule has 0 bridgehead atoms. The first-order valence-electron chi connectivity index (χ1n) is 13.3. The van der Waals surface area contributed by atoms with E-state index in [4.69, 9.17) is 4.98 Å². The number of nitrogens with zero attached hydrogens (tertiary/aromatic N) is 3. The van der Waals surface area contributed by atoms with E-state index in [0.717, 1.165) is 33.8 Å². The van der Waals surface area contributed by atoms with Gasteiger partial charge in [0.25, 0.3) is 5.56 Å². The zero-order valence-corrected chi connectivity index (χ0v) is 23.4. The number of aryl methyl sites for hydroxylation is 1. The fourth-order valence-corrected chi connectivity index (χ4v) is 4.67. The van der Waals surface area contributed by atoms with E-state index in [0.29, 0.717) is 11.3 Å². The summed E-state index contributed by atoms with van der Waals surface area (Å²) in [6, 6.07) is 21.4. The van der Waals surface area contributed by atoms with Gasteiger partial charge in [0.1, 0.15) is 5.82 Å². The highest BCUT2D eigenvalue weighted by molar-refractivity contribution is 5.98. The van der Waals surface area contributed by atoms with Crippen molar-refractivity contribution in [3.8, 4) is 22.6 Å². The molecule has 0 atom stereocenters. The number of nitrogens with one attached hydrogen (secondary N) is 2. The van der Waals surface area contributed by atoms with Crippen molar-refractivity contribution in [2.75, 3.05) is 5.32 Å². The van der Waals surface area contributed by atoms with E-state index in [2.05, 4.69) is 36.1 Å². The highest BCUT2D eigenvalue weighted by atomic mass is 16.1. The third-order valence-corrected chi connectivity index (χ3v) is 7.14. The number of anilines is 2. The number of benzene rings is 3. The van der Waals surface area contributed by atoms with E-state index in [9.17, 15) is 9.59 Å². The van der Waals surface area contributed by atoms with Gasteiger partial charge in [-0.25, -0.2) is 9.97 Å². The molecule has 5 rings (SSSR count). The van der Waals surface area contributed by atoms with Gasteiger partial charge in [0.15, 0.2) is 11.6 Å².